The van der Waals surface area contributed by atoms with E-state index in [1.54, 1.807) is 0 Å². The van der Waals surface area contributed by atoms with Crippen LogP contribution in [0.1, 0.15) is 19.3 Å². The minimum atomic E-state index is -0.150. The number of nitrogens with zero attached hydrogens (tertiary/aromatic N) is 1. The van der Waals surface area contributed by atoms with Crippen LogP contribution < -0.4 is 11.1 Å². The van der Waals surface area contributed by atoms with Crippen molar-refractivity contribution in [1.29, 1.82) is 0 Å². The molecule has 0 aromatic carbocycles. The number of carbonyl (C=O) groups is 1. The van der Waals surface area contributed by atoms with Gasteiger partial charge in [0.25, 0.3) is 0 Å². The summed E-state index contributed by atoms with van der Waals surface area (Å²) in [5, 5.41) is 3.00. The zero-order chi connectivity index (χ0) is 13.0. The van der Waals surface area contributed by atoms with Gasteiger partial charge in [0.2, 0.25) is 5.91 Å². The third-order valence-electron chi connectivity index (χ3n) is 4.15. The Kier molecular flexibility index (Phi) is 4.97. The minimum Gasteiger partial charge on any atom is -0.379 e. The Morgan fingerprint density at radius 2 is 2.11 bits per heavy atom. The molecule has 2 saturated heterocycles. The fourth-order valence-corrected chi connectivity index (χ4v) is 2.72. The lowest BCUT2D eigenvalue weighted by Crippen LogP contribution is -2.41. The normalized spacial score (nSPS) is 30.6. The van der Waals surface area contributed by atoms with Gasteiger partial charge in [-0.05, 0) is 45.3 Å². The van der Waals surface area contributed by atoms with Crippen molar-refractivity contribution in [2.24, 2.45) is 17.6 Å². The molecule has 18 heavy (non-hydrogen) atoms. The molecule has 0 aromatic heterocycles. The number of carbonyl (C=O) groups excluding carboxylic acids is 1. The Hall–Kier alpha value is -0.650. The van der Waals surface area contributed by atoms with Crippen molar-refractivity contribution in [2.45, 2.75) is 25.3 Å². The van der Waals surface area contributed by atoms with E-state index >= 15 is 0 Å². The van der Waals surface area contributed by atoms with Crippen LogP contribution in [-0.2, 0) is 9.53 Å². The molecule has 3 N–H and O–H groups in total. The maximum absolute atomic E-state index is 11.9. The first-order chi connectivity index (χ1) is 8.66. The van der Waals surface area contributed by atoms with Crippen LogP contribution in [0.3, 0.4) is 0 Å². The van der Waals surface area contributed by atoms with Gasteiger partial charge in [-0.25, -0.2) is 0 Å². The van der Waals surface area contributed by atoms with E-state index in [1.165, 1.54) is 25.9 Å². The molecule has 2 aliphatic rings. The van der Waals surface area contributed by atoms with Crippen LogP contribution >= 0.6 is 0 Å². The van der Waals surface area contributed by atoms with E-state index in [0.717, 1.165) is 18.9 Å². The first kappa shape index (κ1) is 13.8. The van der Waals surface area contributed by atoms with E-state index in [2.05, 4.69) is 17.3 Å². The van der Waals surface area contributed by atoms with Gasteiger partial charge in [0.15, 0.2) is 0 Å². The third kappa shape index (κ3) is 3.67. The Morgan fingerprint density at radius 1 is 1.39 bits per heavy atom. The monoisotopic (exact) mass is 255 g/mol. The Labute approximate surface area is 109 Å². The van der Waals surface area contributed by atoms with Crippen molar-refractivity contribution < 1.29 is 9.53 Å². The van der Waals surface area contributed by atoms with Crippen LogP contribution in [0.25, 0.3) is 0 Å². The van der Waals surface area contributed by atoms with Gasteiger partial charge in [-0.15, -0.1) is 0 Å². The summed E-state index contributed by atoms with van der Waals surface area (Å²) in [5.41, 5.74) is 5.82. The van der Waals surface area contributed by atoms with E-state index in [1.807, 2.05) is 0 Å². The Bertz CT molecular complexity index is 277. The highest BCUT2D eigenvalue weighted by molar-refractivity contribution is 5.79. The molecule has 2 rings (SSSR count). The highest BCUT2D eigenvalue weighted by Crippen LogP contribution is 2.19. The zero-order valence-electron chi connectivity index (χ0n) is 11.2. The number of amides is 1. The second-order valence-electron chi connectivity index (χ2n) is 5.63. The molecule has 104 valence electrons. The molecule has 1 amide bonds. The number of hydrogen-bond acceptors (Lipinski definition) is 4. The molecule has 2 atom stereocenters. The van der Waals surface area contributed by atoms with Crippen molar-refractivity contribution in [3.63, 3.8) is 0 Å². The van der Waals surface area contributed by atoms with Crippen molar-refractivity contribution in [2.75, 3.05) is 39.9 Å². The second-order valence-corrected chi connectivity index (χ2v) is 5.63. The van der Waals surface area contributed by atoms with E-state index < -0.39 is 0 Å². The van der Waals surface area contributed by atoms with Crippen LogP contribution in [-0.4, -0.2) is 56.7 Å². The highest BCUT2D eigenvalue weighted by atomic mass is 16.5. The van der Waals surface area contributed by atoms with E-state index in [-0.39, 0.29) is 17.9 Å². The fourth-order valence-electron chi connectivity index (χ4n) is 2.72. The molecule has 2 heterocycles. The molecule has 2 fully saturated rings. The molecule has 0 aromatic rings. The Morgan fingerprint density at radius 3 is 2.72 bits per heavy atom. The predicted molar refractivity (Wildman–Crippen MR) is 70.1 cm³/mol. The van der Waals surface area contributed by atoms with Gasteiger partial charge in [-0.1, -0.05) is 0 Å². The third-order valence-corrected chi connectivity index (χ3v) is 4.15. The molecule has 0 radical (unpaired) electrons. The number of rotatable bonds is 4. The molecular weight excluding hydrogens is 230 g/mol. The van der Waals surface area contributed by atoms with Gasteiger partial charge >= 0.3 is 0 Å². The van der Waals surface area contributed by atoms with Crippen LogP contribution in [0.5, 0.6) is 0 Å². The standard InChI is InChI=1S/C13H25N3O2/c1-16-6-3-10(4-7-16)2-5-15-13(17)11-8-18-9-12(11)14/h10-12H,2-9,14H2,1H3,(H,15,17). The molecule has 0 saturated carbocycles. The van der Waals surface area contributed by atoms with E-state index in [0.29, 0.717) is 13.2 Å². The van der Waals surface area contributed by atoms with Crippen molar-refractivity contribution in [3.8, 4) is 0 Å². The van der Waals surface area contributed by atoms with Crippen molar-refractivity contribution >= 4 is 5.91 Å². The van der Waals surface area contributed by atoms with Crippen molar-refractivity contribution in [1.82, 2.24) is 10.2 Å². The summed E-state index contributed by atoms with van der Waals surface area (Å²) in [6.07, 6.45) is 3.58. The number of ether oxygens (including phenoxy) is 1. The maximum Gasteiger partial charge on any atom is 0.227 e. The van der Waals surface area contributed by atoms with Gasteiger partial charge < -0.3 is 20.7 Å². The topological polar surface area (TPSA) is 67.6 Å². The van der Waals surface area contributed by atoms with Crippen molar-refractivity contribution in [3.05, 3.63) is 0 Å². The summed E-state index contributed by atoms with van der Waals surface area (Å²) in [5.74, 6) is 0.672. The molecule has 0 aliphatic carbocycles. The lowest BCUT2D eigenvalue weighted by atomic mass is 9.94. The quantitative estimate of drug-likeness (QED) is 0.730. The smallest absolute Gasteiger partial charge is 0.227 e. The van der Waals surface area contributed by atoms with Crippen LogP contribution in [0.4, 0.5) is 0 Å². The average molecular weight is 255 g/mol. The Balaban J connectivity index is 1.61. The zero-order valence-corrected chi connectivity index (χ0v) is 11.2. The van der Waals surface area contributed by atoms with Gasteiger partial charge in [0.1, 0.15) is 0 Å². The molecule has 0 spiro atoms. The second kappa shape index (κ2) is 6.50. The van der Waals surface area contributed by atoms with Gasteiger partial charge in [0.05, 0.1) is 19.1 Å². The largest absolute Gasteiger partial charge is 0.379 e. The maximum atomic E-state index is 11.9. The number of hydrogen-bond donors (Lipinski definition) is 2. The molecular formula is C13H25N3O2. The summed E-state index contributed by atoms with van der Waals surface area (Å²) in [6.45, 7) is 4.12. The first-order valence-electron chi connectivity index (χ1n) is 6.96. The molecule has 5 heteroatoms. The van der Waals surface area contributed by atoms with Crippen LogP contribution in [0.2, 0.25) is 0 Å². The SMILES string of the molecule is CN1CCC(CCNC(=O)C2COCC2N)CC1. The summed E-state index contributed by atoms with van der Waals surface area (Å²) in [7, 11) is 2.17. The lowest BCUT2D eigenvalue weighted by molar-refractivity contribution is -0.125. The fraction of sp³-hybridized carbons (Fsp3) is 0.923. The summed E-state index contributed by atoms with van der Waals surface area (Å²) in [6, 6.07) is -0.131. The molecule has 2 aliphatic heterocycles. The summed E-state index contributed by atoms with van der Waals surface area (Å²) < 4.78 is 5.21. The van der Waals surface area contributed by atoms with E-state index in [9.17, 15) is 4.79 Å². The van der Waals surface area contributed by atoms with Gasteiger partial charge in [-0.2, -0.15) is 0 Å². The summed E-state index contributed by atoms with van der Waals surface area (Å²) >= 11 is 0. The highest BCUT2D eigenvalue weighted by Gasteiger charge is 2.31. The molecule has 0 bridgehead atoms. The first-order valence-corrected chi connectivity index (χ1v) is 6.96. The van der Waals surface area contributed by atoms with Crippen LogP contribution in [0, 0.1) is 11.8 Å². The number of nitrogens with one attached hydrogen (secondary N) is 1. The van der Waals surface area contributed by atoms with E-state index in [4.69, 9.17) is 10.5 Å². The minimum absolute atomic E-state index is 0.0629. The lowest BCUT2D eigenvalue weighted by Gasteiger charge is -2.29. The number of nitrogens with two attached hydrogens (primary N) is 1. The summed E-state index contributed by atoms with van der Waals surface area (Å²) in [4.78, 5) is 14.2. The number of likely N-dealkylation sites (tertiary alicyclic amines) is 1. The van der Waals surface area contributed by atoms with Gasteiger partial charge in [0, 0.05) is 12.6 Å². The molecule has 2 unspecified atom stereocenters. The van der Waals surface area contributed by atoms with Crippen LogP contribution in [0.15, 0.2) is 0 Å². The molecule has 5 nitrogen and oxygen atoms in total. The average Bonchev–Trinajstić information content (AvgIpc) is 2.78. The van der Waals surface area contributed by atoms with Gasteiger partial charge in [-0.3, -0.25) is 4.79 Å². The number of piperidine rings is 1. The predicted octanol–water partition coefficient (Wildman–Crippen LogP) is -0.192.